The Morgan fingerprint density at radius 1 is 0.800 bits per heavy atom. The Balaban J connectivity index is 3.58. The third kappa shape index (κ3) is 4.10. The van der Waals surface area contributed by atoms with Crippen molar-refractivity contribution in [2.24, 2.45) is 0 Å². The highest BCUT2D eigenvalue weighted by atomic mass is 15.1. The molecule has 10 heavy (non-hydrogen) atoms. The van der Waals surface area contributed by atoms with Crippen molar-refractivity contribution in [3.8, 4) is 0 Å². The van der Waals surface area contributed by atoms with Crippen molar-refractivity contribution in [1.82, 2.24) is 0 Å². The monoisotopic (exact) mass is 138 g/mol. The fraction of sp³-hybridized carbons (Fsp3) is 0.333. The molecule has 0 unspecified atom stereocenters. The Morgan fingerprint density at radius 2 is 1.10 bits per heavy atom. The number of quaternary nitrogens is 1. The zero-order valence-corrected chi connectivity index (χ0v) is 6.47. The molecule has 0 aromatic heterocycles. The Hall–Kier alpha value is -0.820. The minimum atomic E-state index is 0.984. The van der Waals surface area contributed by atoms with Crippen molar-refractivity contribution < 1.29 is 4.90 Å². The van der Waals surface area contributed by atoms with Gasteiger partial charge in [-0.25, -0.2) is 0 Å². The standard InChI is InChI=1S/C9H15N/c1-4-7-10(8-5-2)9-6-3/h4-6H,1-3,7-9H2/p+1. The maximum absolute atomic E-state index is 3.68. The largest absolute Gasteiger partial charge is 0.325 e. The maximum atomic E-state index is 3.68. The lowest BCUT2D eigenvalue weighted by atomic mass is 10.4. The van der Waals surface area contributed by atoms with E-state index in [9.17, 15) is 0 Å². The normalized spacial score (nSPS) is 9.30. The van der Waals surface area contributed by atoms with Gasteiger partial charge in [0.15, 0.2) is 0 Å². The molecule has 0 aliphatic rings. The van der Waals surface area contributed by atoms with Crippen LogP contribution in [0.5, 0.6) is 0 Å². The van der Waals surface area contributed by atoms with Gasteiger partial charge in [0.25, 0.3) is 0 Å². The topological polar surface area (TPSA) is 4.44 Å². The number of nitrogens with one attached hydrogen (secondary N) is 1. The van der Waals surface area contributed by atoms with E-state index in [4.69, 9.17) is 0 Å². The Bertz CT molecular complexity index is 92.1. The van der Waals surface area contributed by atoms with Crippen LogP contribution in [0.3, 0.4) is 0 Å². The summed E-state index contributed by atoms with van der Waals surface area (Å²) in [6.45, 7) is 14.0. The van der Waals surface area contributed by atoms with E-state index in [0.717, 1.165) is 19.6 Å². The van der Waals surface area contributed by atoms with Crippen LogP contribution in [0.2, 0.25) is 0 Å². The first-order valence-electron chi connectivity index (χ1n) is 3.51. The van der Waals surface area contributed by atoms with Crippen LogP contribution in [0.15, 0.2) is 38.0 Å². The lowest BCUT2D eigenvalue weighted by Gasteiger charge is -2.12. The van der Waals surface area contributed by atoms with E-state index in [2.05, 4.69) is 19.7 Å². The van der Waals surface area contributed by atoms with Gasteiger partial charge in [0.1, 0.15) is 0 Å². The fourth-order valence-corrected chi connectivity index (χ4v) is 0.862. The maximum Gasteiger partial charge on any atom is 0.0960 e. The first-order valence-corrected chi connectivity index (χ1v) is 3.51. The van der Waals surface area contributed by atoms with E-state index in [-0.39, 0.29) is 0 Å². The van der Waals surface area contributed by atoms with Crippen molar-refractivity contribution in [3.05, 3.63) is 38.0 Å². The van der Waals surface area contributed by atoms with E-state index in [1.54, 1.807) is 0 Å². The molecule has 0 bridgehead atoms. The van der Waals surface area contributed by atoms with Crippen LogP contribution in [-0.4, -0.2) is 19.6 Å². The Kier molecular flexibility index (Phi) is 5.79. The average Bonchev–Trinajstić information content (AvgIpc) is 1.90. The third-order valence-corrected chi connectivity index (χ3v) is 1.30. The van der Waals surface area contributed by atoms with Gasteiger partial charge in [-0.3, -0.25) is 0 Å². The minimum Gasteiger partial charge on any atom is -0.325 e. The summed E-state index contributed by atoms with van der Waals surface area (Å²) in [5.41, 5.74) is 0. The van der Waals surface area contributed by atoms with Crippen molar-refractivity contribution in [1.29, 1.82) is 0 Å². The summed E-state index contributed by atoms with van der Waals surface area (Å²) in [6.07, 6.45) is 5.76. The van der Waals surface area contributed by atoms with Gasteiger partial charge in [0.05, 0.1) is 19.6 Å². The van der Waals surface area contributed by atoms with Gasteiger partial charge in [-0.1, -0.05) is 19.7 Å². The zero-order chi connectivity index (χ0) is 7.82. The van der Waals surface area contributed by atoms with Crippen molar-refractivity contribution in [2.75, 3.05) is 19.6 Å². The zero-order valence-electron chi connectivity index (χ0n) is 6.47. The molecule has 0 atom stereocenters. The van der Waals surface area contributed by atoms with Gasteiger partial charge >= 0.3 is 0 Å². The van der Waals surface area contributed by atoms with Crippen LogP contribution in [-0.2, 0) is 0 Å². The number of hydrogen-bond acceptors (Lipinski definition) is 0. The molecule has 0 aliphatic heterocycles. The highest BCUT2D eigenvalue weighted by Crippen LogP contribution is 1.59. The van der Waals surface area contributed by atoms with E-state index in [0.29, 0.717) is 0 Å². The molecule has 0 saturated carbocycles. The Morgan fingerprint density at radius 3 is 1.30 bits per heavy atom. The lowest BCUT2D eigenvalue weighted by Crippen LogP contribution is -3.11. The first-order chi connectivity index (χ1) is 4.85. The predicted molar refractivity (Wildman–Crippen MR) is 46.2 cm³/mol. The second-order valence-corrected chi connectivity index (χ2v) is 2.23. The average molecular weight is 138 g/mol. The molecule has 0 spiro atoms. The quantitative estimate of drug-likeness (QED) is 0.508. The highest BCUT2D eigenvalue weighted by molar-refractivity contribution is 4.71. The summed E-state index contributed by atoms with van der Waals surface area (Å²) >= 11 is 0. The molecule has 0 rings (SSSR count). The summed E-state index contributed by atoms with van der Waals surface area (Å²) < 4.78 is 0. The first kappa shape index (κ1) is 9.18. The fourth-order valence-electron chi connectivity index (χ4n) is 0.862. The van der Waals surface area contributed by atoms with Gasteiger partial charge in [-0.2, -0.15) is 0 Å². The van der Waals surface area contributed by atoms with E-state index < -0.39 is 0 Å². The van der Waals surface area contributed by atoms with E-state index in [1.807, 2.05) is 18.2 Å². The lowest BCUT2D eigenvalue weighted by molar-refractivity contribution is -0.881. The van der Waals surface area contributed by atoms with Crippen LogP contribution in [0.4, 0.5) is 0 Å². The molecule has 1 N–H and O–H groups in total. The summed E-state index contributed by atoms with van der Waals surface area (Å²) in [5, 5.41) is 0. The second kappa shape index (κ2) is 6.30. The van der Waals surface area contributed by atoms with E-state index >= 15 is 0 Å². The van der Waals surface area contributed by atoms with Gasteiger partial charge in [0.2, 0.25) is 0 Å². The van der Waals surface area contributed by atoms with Crippen LogP contribution in [0, 0.1) is 0 Å². The molecule has 0 aromatic rings. The molecule has 0 saturated heterocycles. The molecule has 0 radical (unpaired) electrons. The molecular weight excluding hydrogens is 122 g/mol. The van der Waals surface area contributed by atoms with Crippen molar-refractivity contribution in [3.63, 3.8) is 0 Å². The van der Waals surface area contributed by atoms with Gasteiger partial charge < -0.3 is 4.90 Å². The van der Waals surface area contributed by atoms with Crippen LogP contribution >= 0.6 is 0 Å². The van der Waals surface area contributed by atoms with E-state index in [1.165, 1.54) is 4.90 Å². The highest BCUT2D eigenvalue weighted by Gasteiger charge is 1.97. The molecule has 0 fully saturated rings. The van der Waals surface area contributed by atoms with Gasteiger partial charge in [-0.05, 0) is 18.2 Å². The van der Waals surface area contributed by atoms with Gasteiger partial charge in [-0.15, -0.1) is 0 Å². The molecule has 56 valence electrons. The second-order valence-electron chi connectivity index (χ2n) is 2.23. The number of rotatable bonds is 6. The molecule has 0 heterocycles. The summed E-state index contributed by atoms with van der Waals surface area (Å²) in [4.78, 5) is 1.43. The Labute approximate surface area is 63.3 Å². The third-order valence-electron chi connectivity index (χ3n) is 1.30. The smallest absolute Gasteiger partial charge is 0.0960 e. The van der Waals surface area contributed by atoms with Crippen LogP contribution < -0.4 is 4.90 Å². The van der Waals surface area contributed by atoms with Gasteiger partial charge in [0, 0.05) is 0 Å². The van der Waals surface area contributed by atoms with Crippen molar-refractivity contribution in [2.45, 2.75) is 0 Å². The summed E-state index contributed by atoms with van der Waals surface area (Å²) in [6, 6.07) is 0. The molecular formula is C9H16N+. The molecule has 0 aliphatic carbocycles. The molecule has 1 nitrogen and oxygen atoms in total. The minimum absolute atomic E-state index is 0.984. The molecule has 0 amide bonds. The number of hydrogen-bond donors (Lipinski definition) is 1. The predicted octanol–water partition coefficient (Wildman–Crippen LogP) is 0.429. The summed E-state index contributed by atoms with van der Waals surface area (Å²) in [7, 11) is 0. The summed E-state index contributed by atoms with van der Waals surface area (Å²) in [5.74, 6) is 0. The van der Waals surface area contributed by atoms with Crippen LogP contribution in [0.25, 0.3) is 0 Å². The molecule has 0 aromatic carbocycles. The SMILES string of the molecule is C=CC[NH+](CC=C)CC=C. The van der Waals surface area contributed by atoms with Crippen molar-refractivity contribution >= 4 is 0 Å². The van der Waals surface area contributed by atoms with Crippen LogP contribution in [0.1, 0.15) is 0 Å². The molecule has 1 heteroatoms.